The predicted molar refractivity (Wildman–Crippen MR) is 88.1 cm³/mol. The van der Waals surface area contributed by atoms with E-state index in [2.05, 4.69) is 0 Å². The molecule has 0 spiro atoms. The highest BCUT2D eigenvalue weighted by Crippen LogP contribution is 2.32. The van der Waals surface area contributed by atoms with E-state index in [0.717, 1.165) is 6.42 Å². The zero-order chi connectivity index (χ0) is 17.9. The number of nitrogens with zero attached hydrogens (tertiary/aromatic N) is 1. The molecule has 2 atom stereocenters. The van der Waals surface area contributed by atoms with Crippen LogP contribution in [0.4, 0.5) is 9.18 Å². The van der Waals surface area contributed by atoms with Gasteiger partial charge in [0, 0.05) is 13.2 Å². The molecule has 2 N–H and O–H groups in total. The molecular formula is C18H26FNO4. The molecule has 1 aromatic rings. The van der Waals surface area contributed by atoms with E-state index in [9.17, 15) is 14.3 Å². The monoisotopic (exact) mass is 339 g/mol. The highest BCUT2D eigenvalue weighted by Gasteiger charge is 2.37. The van der Waals surface area contributed by atoms with E-state index in [-0.39, 0.29) is 13.0 Å². The number of amides is 1. The highest BCUT2D eigenvalue weighted by atomic mass is 19.1. The zero-order valence-corrected chi connectivity index (χ0v) is 14.5. The SMILES string of the molecule is CC(C)(C)OC(=O)N1CCCC1C(O)c1ccc(F)cc1CCO. The molecule has 6 heteroatoms. The molecule has 0 aliphatic carbocycles. The smallest absolute Gasteiger partial charge is 0.410 e. The van der Waals surface area contributed by atoms with Gasteiger partial charge >= 0.3 is 6.09 Å². The molecule has 134 valence electrons. The number of ether oxygens (including phenoxy) is 1. The van der Waals surface area contributed by atoms with Gasteiger partial charge in [-0.3, -0.25) is 0 Å². The highest BCUT2D eigenvalue weighted by molar-refractivity contribution is 5.69. The van der Waals surface area contributed by atoms with E-state index < -0.39 is 29.7 Å². The Bertz CT molecular complexity index is 585. The van der Waals surface area contributed by atoms with E-state index in [1.807, 2.05) is 0 Å². The van der Waals surface area contributed by atoms with Crippen LogP contribution in [0.5, 0.6) is 0 Å². The van der Waals surface area contributed by atoms with E-state index in [1.54, 1.807) is 25.7 Å². The van der Waals surface area contributed by atoms with Crippen LogP contribution in [0.1, 0.15) is 50.8 Å². The molecule has 2 unspecified atom stereocenters. The van der Waals surface area contributed by atoms with Crippen molar-refractivity contribution >= 4 is 6.09 Å². The van der Waals surface area contributed by atoms with Gasteiger partial charge in [0.1, 0.15) is 11.4 Å². The van der Waals surface area contributed by atoms with Gasteiger partial charge in [-0.05, 0) is 63.3 Å². The van der Waals surface area contributed by atoms with Crippen molar-refractivity contribution in [1.82, 2.24) is 4.90 Å². The average molecular weight is 339 g/mol. The largest absolute Gasteiger partial charge is 0.444 e. The molecule has 1 aliphatic heterocycles. The van der Waals surface area contributed by atoms with Gasteiger partial charge < -0.3 is 19.8 Å². The number of aliphatic hydroxyl groups is 2. The lowest BCUT2D eigenvalue weighted by molar-refractivity contribution is 0.00471. The van der Waals surface area contributed by atoms with Crippen LogP contribution in [-0.2, 0) is 11.2 Å². The molecule has 1 aliphatic rings. The Hall–Kier alpha value is -1.66. The fraction of sp³-hybridized carbons (Fsp3) is 0.611. The number of carbonyl (C=O) groups excluding carboxylic acids is 1. The summed E-state index contributed by atoms with van der Waals surface area (Å²) in [6, 6.07) is 3.72. The summed E-state index contributed by atoms with van der Waals surface area (Å²) in [4.78, 5) is 13.9. The van der Waals surface area contributed by atoms with Crippen LogP contribution >= 0.6 is 0 Å². The first-order chi connectivity index (χ1) is 11.2. The third-order valence-electron chi connectivity index (χ3n) is 4.10. The topological polar surface area (TPSA) is 70.0 Å². The Morgan fingerprint density at radius 1 is 1.46 bits per heavy atom. The fourth-order valence-electron chi connectivity index (χ4n) is 3.08. The number of halogens is 1. The van der Waals surface area contributed by atoms with Crippen LogP contribution < -0.4 is 0 Å². The number of likely N-dealkylation sites (tertiary alicyclic amines) is 1. The molecule has 1 fully saturated rings. The van der Waals surface area contributed by atoms with Crippen LogP contribution in [0, 0.1) is 5.82 Å². The zero-order valence-electron chi connectivity index (χ0n) is 14.5. The molecule has 1 saturated heterocycles. The molecule has 1 heterocycles. The van der Waals surface area contributed by atoms with Crippen molar-refractivity contribution in [1.29, 1.82) is 0 Å². The number of rotatable bonds is 4. The predicted octanol–water partition coefficient (Wildman–Crippen LogP) is 2.79. The third kappa shape index (κ3) is 4.45. The van der Waals surface area contributed by atoms with E-state index in [0.29, 0.717) is 24.1 Å². The van der Waals surface area contributed by atoms with Gasteiger partial charge in [0.15, 0.2) is 0 Å². The summed E-state index contributed by atoms with van der Waals surface area (Å²) in [7, 11) is 0. The second-order valence-electron chi connectivity index (χ2n) is 7.14. The first-order valence-electron chi connectivity index (χ1n) is 8.30. The maximum Gasteiger partial charge on any atom is 0.410 e. The number of aliphatic hydroxyl groups excluding tert-OH is 2. The minimum absolute atomic E-state index is 0.135. The maximum atomic E-state index is 13.5. The third-order valence-corrected chi connectivity index (χ3v) is 4.10. The Kier molecular flexibility index (Phi) is 5.83. The lowest BCUT2D eigenvalue weighted by Crippen LogP contribution is -2.42. The van der Waals surface area contributed by atoms with E-state index >= 15 is 0 Å². The number of hydrogen-bond acceptors (Lipinski definition) is 4. The molecule has 1 amide bonds. The minimum atomic E-state index is -0.942. The summed E-state index contributed by atoms with van der Waals surface area (Å²) in [6.45, 7) is 5.78. The van der Waals surface area contributed by atoms with E-state index in [1.165, 1.54) is 18.2 Å². The minimum Gasteiger partial charge on any atom is -0.444 e. The summed E-state index contributed by atoms with van der Waals surface area (Å²) in [5.41, 5.74) is 0.500. The summed E-state index contributed by atoms with van der Waals surface area (Å²) in [5.74, 6) is -0.412. The molecule has 1 aromatic carbocycles. The first-order valence-corrected chi connectivity index (χ1v) is 8.30. The van der Waals surface area contributed by atoms with Crippen molar-refractivity contribution in [2.45, 2.75) is 57.8 Å². The molecule has 0 radical (unpaired) electrons. The van der Waals surface area contributed by atoms with Crippen LogP contribution in [0.15, 0.2) is 18.2 Å². The molecule has 0 bridgehead atoms. The average Bonchev–Trinajstić information content (AvgIpc) is 2.95. The quantitative estimate of drug-likeness (QED) is 0.885. The van der Waals surface area contributed by atoms with Crippen LogP contribution in [0.3, 0.4) is 0 Å². The lowest BCUT2D eigenvalue weighted by Gasteiger charge is -2.31. The van der Waals surface area contributed by atoms with Gasteiger partial charge in [-0.25, -0.2) is 9.18 Å². The molecule has 0 saturated carbocycles. The summed E-state index contributed by atoms with van der Waals surface area (Å²) >= 11 is 0. The second kappa shape index (κ2) is 7.49. The van der Waals surface area contributed by atoms with Gasteiger partial charge in [0.25, 0.3) is 0 Å². The molecule has 24 heavy (non-hydrogen) atoms. The van der Waals surface area contributed by atoms with Crippen molar-refractivity contribution < 1.29 is 24.1 Å². The van der Waals surface area contributed by atoms with Crippen LogP contribution in [0.2, 0.25) is 0 Å². The molecule has 0 aromatic heterocycles. The van der Waals surface area contributed by atoms with Crippen LogP contribution in [0.25, 0.3) is 0 Å². The van der Waals surface area contributed by atoms with Crippen molar-refractivity contribution in [2.75, 3.05) is 13.2 Å². The summed E-state index contributed by atoms with van der Waals surface area (Å²) in [6.07, 6.45) is 0.286. The standard InChI is InChI=1S/C18H26FNO4/c1-18(2,3)24-17(23)20-9-4-5-15(20)16(22)14-7-6-13(19)11-12(14)8-10-21/h6-7,11,15-16,21-22H,4-5,8-10H2,1-3H3. The molecule has 5 nitrogen and oxygen atoms in total. The van der Waals surface area contributed by atoms with Crippen molar-refractivity contribution in [2.24, 2.45) is 0 Å². The Labute approximate surface area is 142 Å². The Morgan fingerprint density at radius 2 is 2.17 bits per heavy atom. The number of hydrogen-bond donors (Lipinski definition) is 2. The fourth-order valence-corrected chi connectivity index (χ4v) is 3.08. The normalized spacial score (nSPS) is 19.4. The van der Waals surface area contributed by atoms with Crippen molar-refractivity contribution in [3.05, 3.63) is 35.1 Å². The van der Waals surface area contributed by atoms with Crippen LogP contribution in [-0.4, -0.2) is 46.0 Å². The lowest BCUT2D eigenvalue weighted by atomic mass is 9.94. The van der Waals surface area contributed by atoms with E-state index in [4.69, 9.17) is 9.84 Å². The maximum absolute atomic E-state index is 13.5. The van der Waals surface area contributed by atoms with Gasteiger partial charge in [-0.15, -0.1) is 0 Å². The summed E-state index contributed by atoms with van der Waals surface area (Å²) in [5, 5.41) is 19.9. The Morgan fingerprint density at radius 3 is 2.79 bits per heavy atom. The van der Waals surface area contributed by atoms with Gasteiger partial charge in [0.2, 0.25) is 0 Å². The second-order valence-corrected chi connectivity index (χ2v) is 7.14. The first kappa shape index (κ1) is 18.7. The van der Waals surface area contributed by atoms with Crippen molar-refractivity contribution in [3.8, 4) is 0 Å². The van der Waals surface area contributed by atoms with Gasteiger partial charge in [0.05, 0.1) is 12.1 Å². The Balaban J connectivity index is 2.22. The summed E-state index contributed by atoms with van der Waals surface area (Å²) < 4.78 is 18.9. The van der Waals surface area contributed by atoms with Crippen molar-refractivity contribution in [3.63, 3.8) is 0 Å². The number of benzene rings is 1. The van der Waals surface area contributed by atoms with Gasteiger partial charge in [-0.2, -0.15) is 0 Å². The van der Waals surface area contributed by atoms with Gasteiger partial charge in [-0.1, -0.05) is 6.07 Å². The molecule has 2 rings (SSSR count). The number of carbonyl (C=O) groups is 1. The molecular weight excluding hydrogens is 313 g/mol.